The second-order valence-corrected chi connectivity index (χ2v) is 5.88. The van der Waals surface area contributed by atoms with Crippen LogP contribution >= 0.6 is 0 Å². The number of nitrogens with zero attached hydrogens (tertiary/aromatic N) is 4. The number of hydrogen-bond acceptors (Lipinski definition) is 4. The van der Waals surface area contributed by atoms with E-state index in [4.69, 9.17) is 0 Å². The van der Waals surface area contributed by atoms with Crippen LogP contribution in [0.25, 0.3) is 11.0 Å². The summed E-state index contributed by atoms with van der Waals surface area (Å²) in [6.45, 7) is 2.67. The summed E-state index contributed by atoms with van der Waals surface area (Å²) in [7, 11) is 0. The Morgan fingerprint density at radius 2 is 2.26 bits per heavy atom. The number of likely N-dealkylation sites (tertiary alicyclic amines) is 1. The van der Waals surface area contributed by atoms with Crippen LogP contribution in [0.3, 0.4) is 0 Å². The van der Waals surface area contributed by atoms with E-state index in [0.29, 0.717) is 5.56 Å². The van der Waals surface area contributed by atoms with Gasteiger partial charge in [0.15, 0.2) is 0 Å². The minimum atomic E-state index is 0.00682. The maximum absolute atomic E-state index is 12.9. The number of nitrogens with one attached hydrogen (secondary N) is 1. The number of aromatic amines is 1. The highest BCUT2D eigenvalue weighted by molar-refractivity contribution is 5.97. The van der Waals surface area contributed by atoms with Gasteiger partial charge >= 0.3 is 0 Å². The summed E-state index contributed by atoms with van der Waals surface area (Å²) in [5.41, 5.74) is 4.17. The number of H-pyrrole nitrogens is 1. The Kier molecular flexibility index (Phi) is 3.29. The lowest BCUT2D eigenvalue weighted by Gasteiger charge is -2.24. The molecule has 0 radical (unpaired) electrons. The van der Waals surface area contributed by atoms with E-state index in [1.54, 1.807) is 18.7 Å². The molecule has 6 heteroatoms. The van der Waals surface area contributed by atoms with Gasteiger partial charge in [-0.25, -0.2) is 4.98 Å². The Labute approximate surface area is 133 Å². The normalized spacial score (nSPS) is 17.8. The fraction of sp³-hybridized carbons (Fsp3) is 0.294. The molecule has 2 aromatic heterocycles. The van der Waals surface area contributed by atoms with Crippen LogP contribution < -0.4 is 0 Å². The zero-order valence-corrected chi connectivity index (χ0v) is 12.9. The predicted molar refractivity (Wildman–Crippen MR) is 85.9 cm³/mol. The van der Waals surface area contributed by atoms with Crippen molar-refractivity contribution in [2.75, 3.05) is 6.54 Å². The van der Waals surface area contributed by atoms with Crippen molar-refractivity contribution in [2.45, 2.75) is 25.8 Å². The van der Waals surface area contributed by atoms with Gasteiger partial charge in [0.1, 0.15) is 0 Å². The zero-order valence-electron chi connectivity index (χ0n) is 12.9. The van der Waals surface area contributed by atoms with Gasteiger partial charge in [-0.15, -0.1) is 0 Å². The number of carbonyl (C=O) groups excluding carboxylic acids is 1. The lowest BCUT2D eigenvalue weighted by atomic mass is 10.1. The molecule has 1 aromatic carbocycles. The van der Waals surface area contributed by atoms with Gasteiger partial charge in [0, 0.05) is 18.3 Å². The first-order chi connectivity index (χ1) is 11.2. The van der Waals surface area contributed by atoms with E-state index in [1.807, 2.05) is 30.0 Å². The highest BCUT2D eigenvalue weighted by Crippen LogP contribution is 2.32. The van der Waals surface area contributed by atoms with Gasteiger partial charge in [0.05, 0.1) is 41.0 Å². The van der Waals surface area contributed by atoms with Gasteiger partial charge in [-0.3, -0.25) is 14.8 Å². The average Bonchev–Trinajstić information content (AvgIpc) is 3.22. The van der Waals surface area contributed by atoms with Gasteiger partial charge in [-0.1, -0.05) is 0 Å². The molecular formula is C17H17N5O. The Morgan fingerprint density at radius 1 is 1.35 bits per heavy atom. The van der Waals surface area contributed by atoms with E-state index in [1.165, 1.54) is 0 Å². The minimum absolute atomic E-state index is 0.00682. The van der Waals surface area contributed by atoms with Gasteiger partial charge in [-0.2, -0.15) is 0 Å². The fourth-order valence-corrected chi connectivity index (χ4v) is 3.20. The first-order valence-corrected chi connectivity index (χ1v) is 7.75. The van der Waals surface area contributed by atoms with Crippen LogP contribution in [0.1, 0.15) is 40.6 Å². The second-order valence-electron chi connectivity index (χ2n) is 5.88. The molecule has 1 saturated heterocycles. The quantitative estimate of drug-likeness (QED) is 0.789. The molecule has 116 valence electrons. The zero-order chi connectivity index (χ0) is 15.8. The molecule has 0 aliphatic carbocycles. The van der Waals surface area contributed by atoms with Crippen molar-refractivity contribution in [3.63, 3.8) is 0 Å². The SMILES string of the molecule is Cc1cncc([C@@H]2CCCN2C(=O)c2ccc3nc[nH]c3c2)n1. The molecule has 0 saturated carbocycles. The Balaban J connectivity index is 1.66. The van der Waals surface area contributed by atoms with Crippen molar-refractivity contribution < 1.29 is 4.79 Å². The topological polar surface area (TPSA) is 74.8 Å². The van der Waals surface area contributed by atoms with Crippen LogP contribution in [0.4, 0.5) is 0 Å². The van der Waals surface area contributed by atoms with E-state index in [9.17, 15) is 4.79 Å². The highest BCUT2D eigenvalue weighted by atomic mass is 16.2. The summed E-state index contributed by atoms with van der Waals surface area (Å²) in [5.74, 6) is 0.0345. The van der Waals surface area contributed by atoms with E-state index in [2.05, 4.69) is 19.9 Å². The van der Waals surface area contributed by atoms with E-state index in [0.717, 1.165) is 41.8 Å². The third-order valence-corrected chi connectivity index (χ3v) is 4.30. The molecule has 6 nitrogen and oxygen atoms in total. The van der Waals surface area contributed by atoms with Gasteiger partial charge in [0.25, 0.3) is 5.91 Å². The van der Waals surface area contributed by atoms with Crippen molar-refractivity contribution in [3.05, 3.63) is 53.9 Å². The summed E-state index contributed by atoms with van der Waals surface area (Å²) >= 11 is 0. The Morgan fingerprint density at radius 3 is 3.13 bits per heavy atom. The van der Waals surface area contributed by atoms with Crippen molar-refractivity contribution in [1.29, 1.82) is 0 Å². The summed E-state index contributed by atoms with van der Waals surface area (Å²) in [5, 5.41) is 0. The number of aryl methyl sites for hydroxylation is 1. The molecule has 1 fully saturated rings. The summed E-state index contributed by atoms with van der Waals surface area (Å²) in [6.07, 6.45) is 7.05. The average molecular weight is 307 g/mol. The molecule has 1 aliphatic heterocycles. The van der Waals surface area contributed by atoms with Crippen LogP contribution in [-0.2, 0) is 0 Å². The molecule has 0 spiro atoms. The maximum atomic E-state index is 12.9. The number of imidazole rings is 1. The Hall–Kier alpha value is -2.76. The molecule has 4 rings (SSSR count). The summed E-state index contributed by atoms with van der Waals surface area (Å²) in [6, 6.07) is 5.58. The summed E-state index contributed by atoms with van der Waals surface area (Å²) < 4.78 is 0. The van der Waals surface area contributed by atoms with E-state index < -0.39 is 0 Å². The standard InChI is InChI=1S/C17H17N5O/c1-11-8-18-9-15(21-11)16-3-2-6-22(16)17(23)12-4-5-13-14(7-12)20-10-19-13/h4-5,7-10,16H,2-3,6H2,1H3,(H,19,20)/t16-/m0/s1. The Bertz CT molecular complexity index is 872. The lowest BCUT2D eigenvalue weighted by molar-refractivity contribution is 0.0732. The van der Waals surface area contributed by atoms with Crippen molar-refractivity contribution in [2.24, 2.45) is 0 Å². The van der Waals surface area contributed by atoms with Crippen molar-refractivity contribution in [1.82, 2.24) is 24.8 Å². The molecular weight excluding hydrogens is 290 g/mol. The van der Waals surface area contributed by atoms with Crippen LogP contribution in [0.2, 0.25) is 0 Å². The maximum Gasteiger partial charge on any atom is 0.254 e. The monoisotopic (exact) mass is 307 g/mol. The molecule has 1 aliphatic rings. The molecule has 1 atom stereocenters. The third kappa shape index (κ3) is 2.46. The second kappa shape index (κ2) is 5.46. The van der Waals surface area contributed by atoms with Gasteiger partial charge in [0.2, 0.25) is 0 Å². The van der Waals surface area contributed by atoms with Crippen LogP contribution in [0, 0.1) is 6.92 Å². The smallest absolute Gasteiger partial charge is 0.254 e. The molecule has 3 aromatic rings. The number of rotatable bonds is 2. The minimum Gasteiger partial charge on any atom is -0.345 e. The van der Waals surface area contributed by atoms with Crippen molar-refractivity contribution >= 4 is 16.9 Å². The number of amides is 1. The molecule has 23 heavy (non-hydrogen) atoms. The van der Waals surface area contributed by atoms with Crippen LogP contribution in [0.5, 0.6) is 0 Å². The molecule has 3 heterocycles. The van der Waals surface area contributed by atoms with Gasteiger partial charge in [-0.05, 0) is 38.0 Å². The molecule has 0 bridgehead atoms. The molecule has 1 amide bonds. The number of hydrogen-bond donors (Lipinski definition) is 1. The molecule has 0 unspecified atom stereocenters. The van der Waals surface area contributed by atoms with Crippen molar-refractivity contribution in [3.8, 4) is 0 Å². The van der Waals surface area contributed by atoms with Crippen LogP contribution in [0.15, 0.2) is 36.9 Å². The number of carbonyl (C=O) groups is 1. The number of aromatic nitrogens is 4. The third-order valence-electron chi connectivity index (χ3n) is 4.30. The van der Waals surface area contributed by atoms with Gasteiger partial charge < -0.3 is 9.88 Å². The van der Waals surface area contributed by atoms with E-state index >= 15 is 0 Å². The van der Waals surface area contributed by atoms with Crippen LogP contribution in [-0.4, -0.2) is 37.3 Å². The highest BCUT2D eigenvalue weighted by Gasteiger charge is 2.31. The van der Waals surface area contributed by atoms with E-state index in [-0.39, 0.29) is 11.9 Å². The molecule has 1 N–H and O–H groups in total. The lowest BCUT2D eigenvalue weighted by Crippen LogP contribution is -2.31. The largest absolute Gasteiger partial charge is 0.345 e. The number of fused-ring (bicyclic) bond motifs is 1. The number of benzene rings is 1. The fourth-order valence-electron chi connectivity index (χ4n) is 3.20. The predicted octanol–water partition coefficient (Wildman–Crippen LogP) is 2.64. The first kappa shape index (κ1) is 13.9. The first-order valence-electron chi connectivity index (χ1n) is 7.75. The summed E-state index contributed by atoms with van der Waals surface area (Å²) in [4.78, 5) is 30.8.